The van der Waals surface area contributed by atoms with Gasteiger partial charge in [0.1, 0.15) is 0 Å². The van der Waals surface area contributed by atoms with Crippen molar-refractivity contribution in [2.45, 2.75) is 25.9 Å². The Balaban J connectivity index is 2.44. The van der Waals surface area contributed by atoms with E-state index in [0.717, 1.165) is 32.5 Å². The minimum atomic E-state index is 0.304. The first-order chi connectivity index (χ1) is 9.26. The maximum atomic E-state index is 5.39. The molecule has 2 atom stereocenters. The Morgan fingerprint density at radius 1 is 1.16 bits per heavy atom. The van der Waals surface area contributed by atoms with Gasteiger partial charge in [0.2, 0.25) is 0 Å². The Morgan fingerprint density at radius 2 is 1.89 bits per heavy atom. The van der Waals surface area contributed by atoms with E-state index in [1.807, 2.05) is 0 Å². The second-order valence-corrected chi connectivity index (χ2v) is 5.03. The van der Waals surface area contributed by atoms with Crippen molar-refractivity contribution in [3.63, 3.8) is 0 Å². The molecule has 0 saturated heterocycles. The summed E-state index contributed by atoms with van der Waals surface area (Å²) >= 11 is 0. The number of ether oxygens (including phenoxy) is 2. The maximum Gasteiger partial charge on any atom is 0.0587 e. The lowest BCUT2D eigenvalue weighted by Crippen LogP contribution is -2.29. The van der Waals surface area contributed by atoms with Crippen LogP contribution in [-0.4, -0.2) is 40.0 Å². The van der Waals surface area contributed by atoms with Gasteiger partial charge in [-0.05, 0) is 37.8 Å². The third-order valence-corrected chi connectivity index (χ3v) is 3.35. The Bertz CT molecular complexity index is 316. The van der Waals surface area contributed by atoms with Gasteiger partial charge in [0, 0.05) is 20.8 Å². The van der Waals surface area contributed by atoms with Crippen LogP contribution in [0.15, 0.2) is 30.3 Å². The maximum absolute atomic E-state index is 5.39. The molecule has 0 bridgehead atoms. The highest BCUT2D eigenvalue weighted by molar-refractivity contribution is 5.15. The van der Waals surface area contributed by atoms with Gasteiger partial charge in [0.05, 0.1) is 12.7 Å². The van der Waals surface area contributed by atoms with Gasteiger partial charge in [0.15, 0.2) is 0 Å². The lowest BCUT2D eigenvalue weighted by Gasteiger charge is -2.21. The molecule has 0 aliphatic heterocycles. The molecule has 0 heterocycles. The Labute approximate surface area is 117 Å². The van der Waals surface area contributed by atoms with Gasteiger partial charge in [-0.2, -0.15) is 0 Å². The average Bonchev–Trinajstić information content (AvgIpc) is 2.44. The zero-order valence-corrected chi connectivity index (χ0v) is 12.4. The number of hydrogen-bond acceptors (Lipinski definition) is 3. The molecule has 3 nitrogen and oxygen atoms in total. The highest BCUT2D eigenvalue weighted by Crippen LogP contribution is 2.15. The van der Waals surface area contributed by atoms with E-state index in [4.69, 9.17) is 9.47 Å². The van der Waals surface area contributed by atoms with Crippen LogP contribution in [0.5, 0.6) is 0 Å². The van der Waals surface area contributed by atoms with E-state index in [0.29, 0.717) is 12.0 Å². The summed E-state index contributed by atoms with van der Waals surface area (Å²) in [6.07, 6.45) is 2.47. The summed E-state index contributed by atoms with van der Waals surface area (Å²) in [5.41, 5.74) is 1.39. The number of rotatable bonds is 10. The summed E-state index contributed by atoms with van der Waals surface area (Å²) in [5, 5.41) is 3.46. The van der Waals surface area contributed by atoms with Crippen molar-refractivity contribution in [1.29, 1.82) is 0 Å². The fraction of sp³-hybridized carbons (Fsp3) is 0.625. The van der Waals surface area contributed by atoms with Crippen LogP contribution in [-0.2, 0) is 15.9 Å². The molecular weight excluding hydrogens is 238 g/mol. The summed E-state index contributed by atoms with van der Waals surface area (Å²) in [5.74, 6) is 0.592. The number of nitrogens with one attached hydrogen (secondary N) is 1. The smallest absolute Gasteiger partial charge is 0.0587 e. The summed E-state index contributed by atoms with van der Waals surface area (Å²) in [6.45, 7) is 4.81. The lowest BCUT2D eigenvalue weighted by atomic mass is 9.94. The van der Waals surface area contributed by atoms with E-state index in [2.05, 4.69) is 42.6 Å². The Morgan fingerprint density at radius 3 is 2.53 bits per heavy atom. The van der Waals surface area contributed by atoms with Gasteiger partial charge in [-0.3, -0.25) is 0 Å². The molecule has 0 aliphatic carbocycles. The van der Waals surface area contributed by atoms with Gasteiger partial charge in [0.25, 0.3) is 0 Å². The minimum Gasteiger partial charge on any atom is -0.383 e. The van der Waals surface area contributed by atoms with Crippen molar-refractivity contribution >= 4 is 0 Å². The Hall–Kier alpha value is -0.900. The fourth-order valence-electron chi connectivity index (χ4n) is 2.23. The van der Waals surface area contributed by atoms with Crippen LogP contribution in [0.4, 0.5) is 0 Å². The van der Waals surface area contributed by atoms with Crippen LogP contribution in [0.2, 0.25) is 0 Å². The largest absolute Gasteiger partial charge is 0.383 e. The van der Waals surface area contributed by atoms with Crippen LogP contribution in [0.3, 0.4) is 0 Å². The monoisotopic (exact) mass is 265 g/mol. The molecular formula is C16H27NO2. The normalized spacial score (nSPS) is 14.3. The quantitative estimate of drug-likeness (QED) is 0.659. The number of methoxy groups -OCH3 is 2. The molecule has 0 fully saturated rings. The van der Waals surface area contributed by atoms with Gasteiger partial charge in [-0.15, -0.1) is 0 Å². The molecule has 0 radical (unpaired) electrons. The molecule has 1 rings (SSSR count). The second kappa shape index (κ2) is 9.96. The third kappa shape index (κ3) is 7.31. The molecule has 0 saturated carbocycles. The highest BCUT2D eigenvalue weighted by Gasteiger charge is 2.13. The van der Waals surface area contributed by atoms with Crippen molar-refractivity contribution in [2.75, 3.05) is 33.9 Å². The van der Waals surface area contributed by atoms with E-state index >= 15 is 0 Å². The van der Waals surface area contributed by atoms with Gasteiger partial charge in [-0.1, -0.05) is 30.3 Å². The van der Waals surface area contributed by atoms with E-state index < -0.39 is 0 Å². The standard InChI is InChI=1S/C16H27NO2/c1-14(19-3)11-16(13-17-9-10-18-2)12-15-7-5-4-6-8-15/h4-8,14,16-17H,9-13H2,1-3H3. The molecule has 0 aromatic heterocycles. The number of benzene rings is 1. The fourth-order valence-corrected chi connectivity index (χ4v) is 2.23. The molecule has 0 aliphatic rings. The average molecular weight is 265 g/mol. The van der Waals surface area contributed by atoms with Crippen molar-refractivity contribution in [3.8, 4) is 0 Å². The van der Waals surface area contributed by atoms with Crippen molar-refractivity contribution < 1.29 is 9.47 Å². The first kappa shape index (κ1) is 16.2. The van der Waals surface area contributed by atoms with Gasteiger partial charge >= 0.3 is 0 Å². The van der Waals surface area contributed by atoms with E-state index in [1.54, 1.807) is 14.2 Å². The summed E-state index contributed by atoms with van der Waals surface area (Å²) in [4.78, 5) is 0. The first-order valence-corrected chi connectivity index (χ1v) is 7.02. The first-order valence-electron chi connectivity index (χ1n) is 7.02. The van der Waals surface area contributed by atoms with Crippen molar-refractivity contribution in [3.05, 3.63) is 35.9 Å². The van der Waals surface area contributed by atoms with Crippen LogP contribution < -0.4 is 5.32 Å². The SMILES string of the molecule is COCCNCC(Cc1ccccc1)CC(C)OC. The summed E-state index contributed by atoms with van der Waals surface area (Å²) in [6, 6.07) is 10.7. The van der Waals surface area contributed by atoms with Crippen LogP contribution in [0.1, 0.15) is 18.9 Å². The van der Waals surface area contributed by atoms with E-state index in [1.165, 1.54) is 5.56 Å². The highest BCUT2D eigenvalue weighted by atomic mass is 16.5. The topological polar surface area (TPSA) is 30.5 Å². The number of hydrogen-bond donors (Lipinski definition) is 1. The van der Waals surface area contributed by atoms with Crippen molar-refractivity contribution in [2.24, 2.45) is 5.92 Å². The Kier molecular flexibility index (Phi) is 8.47. The van der Waals surface area contributed by atoms with Crippen LogP contribution >= 0.6 is 0 Å². The molecule has 1 N–H and O–H groups in total. The summed E-state index contributed by atoms with van der Waals surface area (Å²) < 4.78 is 10.5. The predicted molar refractivity (Wildman–Crippen MR) is 79.5 cm³/mol. The summed E-state index contributed by atoms with van der Waals surface area (Å²) in [7, 11) is 3.51. The van der Waals surface area contributed by atoms with Crippen molar-refractivity contribution in [1.82, 2.24) is 5.32 Å². The zero-order valence-electron chi connectivity index (χ0n) is 12.4. The van der Waals surface area contributed by atoms with Crippen LogP contribution in [0.25, 0.3) is 0 Å². The van der Waals surface area contributed by atoms with Gasteiger partial charge < -0.3 is 14.8 Å². The zero-order chi connectivity index (χ0) is 13.9. The van der Waals surface area contributed by atoms with Gasteiger partial charge in [-0.25, -0.2) is 0 Å². The minimum absolute atomic E-state index is 0.304. The molecule has 1 aromatic carbocycles. The predicted octanol–water partition coefficient (Wildman–Crippen LogP) is 2.51. The van der Waals surface area contributed by atoms with E-state index in [9.17, 15) is 0 Å². The van der Waals surface area contributed by atoms with Crippen LogP contribution in [0, 0.1) is 5.92 Å². The molecule has 19 heavy (non-hydrogen) atoms. The van der Waals surface area contributed by atoms with E-state index in [-0.39, 0.29) is 0 Å². The molecule has 1 aromatic rings. The lowest BCUT2D eigenvalue weighted by molar-refractivity contribution is 0.0941. The molecule has 0 spiro atoms. The second-order valence-electron chi connectivity index (χ2n) is 5.03. The molecule has 2 unspecified atom stereocenters. The molecule has 108 valence electrons. The molecule has 3 heteroatoms. The third-order valence-electron chi connectivity index (χ3n) is 3.35. The molecule has 0 amide bonds.